The summed E-state index contributed by atoms with van der Waals surface area (Å²) in [6.45, 7) is 0. The zero-order valence-electron chi connectivity index (χ0n) is 10.2. The molecule has 0 aromatic heterocycles. The fraction of sp³-hybridized carbons (Fsp3) is 0.0714. The number of nitro benzene ring substituents is 1. The van der Waals surface area contributed by atoms with Gasteiger partial charge >= 0.3 is 0 Å². The molecule has 0 fully saturated rings. The summed E-state index contributed by atoms with van der Waals surface area (Å²) < 4.78 is 26.9. The summed E-state index contributed by atoms with van der Waals surface area (Å²) in [6.07, 6.45) is -0.566. The summed E-state index contributed by atoms with van der Waals surface area (Å²) in [5.74, 6) is -2.41. The summed E-state index contributed by atoms with van der Waals surface area (Å²) in [5, 5.41) is 10.8. The lowest BCUT2D eigenvalue weighted by Gasteiger charge is -2.05. The molecule has 0 aliphatic heterocycles. The molecule has 0 heterocycles. The fourth-order valence-corrected chi connectivity index (χ4v) is 1.83. The number of halogens is 2. The quantitative estimate of drug-likeness (QED) is 0.489. The third-order valence-electron chi connectivity index (χ3n) is 2.80. The third-order valence-corrected chi connectivity index (χ3v) is 2.80. The lowest BCUT2D eigenvalue weighted by atomic mass is 10.0. The van der Waals surface area contributed by atoms with Gasteiger partial charge in [-0.2, -0.15) is 0 Å². The van der Waals surface area contributed by atoms with Crippen molar-refractivity contribution in [3.63, 3.8) is 0 Å². The van der Waals surface area contributed by atoms with E-state index in [1.54, 1.807) is 0 Å². The predicted octanol–water partition coefficient (Wildman–Crippen LogP) is 3.30. The Morgan fingerprint density at radius 2 is 1.65 bits per heavy atom. The summed E-state index contributed by atoms with van der Waals surface area (Å²) in [6, 6.07) is 8.56. The largest absolute Gasteiger partial charge is 0.294 e. The van der Waals surface area contributed by atoms with Crippen LogP contribution >= 0.6 is 0 Å². The van der Waals surface area contributed by atoms with Gasteiger partial charge in [-0.1, -0.05) is 18.2 Å². The van der Waals surface area contributed by atoms with Gasteiger partial charge in [0.05, 0.1) is 10.5 Å². The Hall–Kier alpha value is -2.63. The zero-order valence-corrected chi connectivity index (χ0v) is 10.2. The van der Waals surface area contributed by atoms with Crippen LogP contribution in [0, 0.1) is 21.7 Å². The first-order valence-corrected chi connectivity index (χ1v) is 5.70. The number of benzene rings is 2. The summed E-state index contributed by atoms with van der Waals surface area (Å²) >= 11 is 0. The fourth-order valence-electron chi connectivity index (χ4n) is 1.83. The number of nitro groups is 1. The van der Waals surface area contributed by atoms with E-state index in [0.29, 0.717) is 0 Å². The first kappa shape index (κ1) is 13.8. The van der Waals surface area contributed by atoms with Crippen molar-refractivity contribution in [1.29, 1.82) is 0 Å². The van der Waals surface area contributed by atoms with Gasteiger partial charge in [0.2, 0.25) is 0 Å². The topological polar surface area (TPSA) is 60.2 Å². The van der Waals surface area contributed by atoms with E-state index in [9.17, 15) is 23.7 Å². The van der Waals surface area contributed by atoms with E-state index >= 15 is 0 Å². The minimum atomic E-state index is -0.850. The van der Waals surface area contributed by atoms with Gasteiger partial charge in [0.1, 0.15) is 11.6 Å². The number of ketones is 1. The van der Waals surface area contributed by atoms with Crippen LogP contribution in [0.25, 0.3) is 0 Å². The second-order valence-electron chi connectivity index (χ2n) is 4.07. The van der Waals surface area contributed by atoms with Gasteiger partial charge in [-0.3, -0.25) is 14.9 Å². The molecular weight excluding hydrogens is 268 g/mol. The molecule has 0 amide bonds. The Kier molecular flexibility index (Phi) is 3.84. The summed E-state index contributed by atoms with van der Waals surface area (Å²) in [7, 11) is 0. The van der Waals surface area contributed by atoms with Gasteiger partial charge in [0.25, 0.3) is 5.69 Å². The number of carbonyl (C=O) groups excluding carboxylic acids is 1. The van der Waals surface area contributed by atoms with Gasteiger partial charge < -0.3 is 0 Å². The van der Waals surface area contributed by atoms with E-state index in [1.807, 2.05) is 0 Å². The van der Waals surface area contributed by atoms with Crippen molar-refractivity contribution in [1.82, 2.24) is 0 Å². The Labute approximate surface area is 112 Å². The van der Waals surface area contributed by atoms with Crippen LogP contribution < -0.4 is 0 Å². The van der Waals surface area contributed by atoms with Gasteiger partial charge in [-0.25, -0.2) is 8.78 Å². The van der Waals surface area contributed by atoms with Crippen LogP contribution in [-0.2, 0) is 6.42 Å². The molecule has 0 saturated carbocycles. The van der Waals surface area contributed by atoms with Crippen LogP contribution in [0.1, 0.15) is 15.9 Å². The summed E-state index contributed by atoms with van der Waals surface area (Å²) in [5.41, 5.74) is -0.940. The van der Waals surface area contributed by atoms with Crippen LogP contribution in [0.2, 0.25) is 0 Å². The van der Waals surface area contributed by atoms with E-state index in [2.05, 4.69) is 0 Å². The summed E-state index contributed by atoms with van der Waals surface area (Å²) in [4.78, 5) is 22.1. The Morgan fingerprint density at radius 3 is 2.25 bits per heavy atom. The van der Waals surface area contributed by atoms with Crippen LogP contribution in [0.3, 0.4) is 0 Å². The van der Waals surface area contributed by atoms with E-state index in [4.69, 9.17) is 0 Å². The number of hydrogen-bond acceptors (Lipinski definition) is 3. The number of hydrogen-bond donors (Lipinski definition) is 0. The lowest BCUT2D eigenvalue weighted by Crippen LogP contribution is -2.09. The van der Waals surface area contributed by atoms with Crippen molar-refractivity contribution in [3.8, 4) is 0 Å². The van der Waals surface area contributed by atoms with Crippen molar-refractivity contribution in [2.45, 2.75) is 6.42 Å². The number of rotatable bonds is 4. The maximum atomic E-state index is 13.5. The SMILES string of the molecule is O=C(Cc1c(F)cccc1F)c1ccccc1[N+](=O)[O-]. The molecule has 102 valence electrons. The normalized spacial score (nSPS) is 10.3. The molecular formula is C14H9F2NO3. The molecule has 0 bridgehead atoms. The lowest BCUT2D eigenvalue weighted by molar-refractivity contribution is -0.385. The van der Waals surface area contributed by atoms with E-state index in [-0.39, 0.29) is 11.3 Å². The smallest absolute Gasteiger partial charge is 0.280 e. The molecule has 0 aliphatic rings. The maximum absolute atomic E-state index is 13.5. The molecule has 20 heavy (non-hydrogen) atoms. The maximum Gasteiger partial charge on any atom is 0.280 e. The van der Waals surface area contributed by atoms with Gasteiger partial charge in [-0.15, -0.1) is 0 Å². The highest BCUT2D eigenvalue weighted by molar-refractivity contribution is 6.01. The molecule has 0 radical (unpaired) electrons. The molecule has 2 aromatic rings. The number of Topliss-reactive ketones (excluding diaryl/α,β-unsaturated/α-hetero) is 1. The monoisotopic (exact) mass is 277 g/mol. The number of carbonyl (C=O) groups is 1. The second kappa shape index (κ2) is 5.56. The molecule has 6 heteroatoms. The van der Waals surface area contributed by atoms with E-state index in [1.165, 1.54) is 30.3 Å². The van der Waals surface area contributed by atoms with Crippen LogP contribution in [0.5, 0.6) is 0 Å². The van der Waals surface area contributed by atoms with Crippen molar-refractivity contribution in [2.24, 2.45) is 0 Å². The highest BCUT2D eigenvalue weighted by Crippen LogP contribution is 2.21. The average Bonchev–Trinajstić information content (AvgIpc) is 2.43. The third kappa shape index (κ3) is 2.69. The molecule has 0 aliphatic carbocycles. The average molecular weight is 277 g/mol. The van der Waals surface area contributed by atoms with Crippen LogP contribution in [0.4, 0.5) is 14.5 Å². The highest BCUT2D eigenvalue weighted by Gasteiger charge is 2.21. The van der Waals surface area contributed by atoms with Crippen molar-refractivity contribution >= 4 is 11.5 Å². The van der Waals surface area contributed by atoms with Crippen molar-refractivity contribution in [3.05, 3.63) is 75.3 Å². The molecule has 0 unspecified atom stereocenters. The zero-order chi connectivity index (χ0) is 14.7. The van der Waals surface area contributed by atoms with Gasteiger partial charge in [-0.05, 0) is 18.2 Å². The molecule has 4 nitrogen and oxygen atoms in total. The molecule has 0 spiro atoms. The molecule has 0 saturated heterocycles. The minimum absolute atomic E-state index is 0.167. The highest BCUT2D eigenvalue weighted by atomic mass is 19.1. The van der Waals surface area contributed by atoms with Crippen LogP contribution in [0.15, 0.2) is 42.5 Å². The molecule has 0 atom stereocenters. The Balaban J connectivity index is 2.36. The first-order chi connectivity index (χ1) is 9.50. The Bertz CT molecular complexity index is 666. The van der Waals surface area contributed by atoms with E-state index in [0.717, 1.165) is 12.1 Å². The standard InChI is InChI=1S/C14H9F2NO3/c15-11-5-3-6-12(16)10(11)8-14(18)9-4-1-2-7-13(9)17(19)20/h1-7H,8H2. The first-order valence-electron chi connectivity index (χ1n) is 5.70. The number of nitrogens with zero attached hydrogens (tertiary/aromatic N) is 1. The number of para-hydroxylation sites is 1. The Morgan fingerprint density at radius 1 is 1.05 bits per heavy atom. The van der Waals surface area contributed by atoms with Crippen molar-refractivity contribution < 1.29 is 18.5 Å². The molecule has 2 aromatic carbocycles. The van der Waals surface area contributed by atoms with Gasteiger partial charge in [0, 0.05) is 18.1 Å². The predicted molar refractivity (Wildman–Crippen MR) is 67.5 cm³/mol. The van der Waals surface area contributed by atoms with E-state index < -0.39 is 34.3 Å². The van der Waals surface area contributed by atoms with Crippen molar-refractivity contribution in [2.75, 3.05) is 0 Å². The second-order valence-corrected chi connectivity index (χ2v) is 4.07. The molecule has 2 rings (SSSR count). The molecule has 0 N–H and O–H groups in total. The van der Waals surface area contributed by atoms with Crippen LogP contribution in [-0.4, -0.2) is 10.7 Å². The minimum Gasteiger partial charge on any atom is -0.294 e. The van der Waals surface area contributed by atoms with Gasteiger partial charge in [0.15, 0.2) is 5.78 Å².